The lowest BCUT2D eigenvalue weighted by molar-refractivity contribution is 0.0718. The van der Waals surface area contributed by atoms with E-state index in [9.17, 15) is 4.79 Å². The molecule has 0 aromatic carbocycles. The van der Waals surface area contributed by atoms with Gasteiger partial charge in [0.25, 0.3) is 5.91 Å². The Hall–Kier alpha value is -1.69. The fourth-order valence-corrected chi connectivity index (χ4v) is 2.24. The third-order valence-electron chi connectivity index (χ3n) is 3.33. The average Bonchev–Trinajstić information content (AvgIpc) is 2.52. The Bertz CT molecular complexity index is 433. The minimum Gasteiger partial charge on any atom is -0.385 e. The summed E-state index contributed by atoms with van der Waals surface area (Å²) in [7, 11) is 1.68. The summed E-state index contributed by atoms with van der Waals surface area (Å²) in [5.74, 6) is 0.510. The predicted octanol–water partition coefficient (Wildman–Crippen LogP) is 1.55. The zero-order valence-corrected chi connectivity index (χ0v) is 12.0. The summed E-state index contributed by atoms with van der Waals surface area (Å²) in [6.07, 6.45) is 5.88. The number of carbonyl (C=O) groups is 1. The summed E-state index contributed by atoms with van der Waals surface area (Å²) in [6, 6.07) is 1.68. The first-order valence-electron chi connectivity index (χ1n) is 7.16. The van der Waals surface area contributed by atoms with E-state index in [0.29, 0.717) is 18.2 Å². The van der Waals surface area contributed by atoms with E-state index in [4.69, 9.17) is 4.74 Å². The van der Waals surface area contributed by atoms with Crippen molar-refractivity contribution in [1.29, 1.82) is 0 Å². The molecule has 110 valence electrons. The maximum absolute atomic E-state index is 12.3. The van der Waals surface area contributed by atoms with Gasteiger partial charge in [0.1, 0.15) is 5.69 Å². The minimum atomic E-state index is 0.00652. The standard InChI is InChI=1S/C14H22N4O2/c1-20-11-5-7-15-14-16-8-6-12(17-14)13(19)18-9-3-2-4-10-18/h6,8H,2-5,7,9-11H2,1H3,(H,15,16,17). The van der Waals surface area contributed by atoms with E-state index in [2.05, 4.69) is 15.3 Å². The summed E-state index contributed by atoms with van der Waals surface area (Å²) < 4.78 is 4.98. The molecule has 1 amide bonds. The van der Waals surface area contributed by atoms with Gasteiger partial charge in [0.05, 0.1) is 0 Å². The van der Waals surface area contributed by atoms with Gasteiger partial charge >= 0.3 is 0 Å². The van der Waals surface area contributed by atoms with Crippen molar-refractivity contribution in [2.24, 2.45) is 0 Å². The van der Waals surface area contributed by atoms with Crippen LogP contribution in [0.3, 0.4) is 0 Å². The molecule has 1 saturated heterocycles. The van der Waals surface area contributed by atoms with Crippen molar-refractivity contribution < 1.29 is 9.53 Å². The van der Waals surface area contributed by atoms with Gasteiger partial charge in [-0.1, -0.05) is 0 Å². The number of methoxy groups -OCH3 is 1. The van der Waals surface area contributed by atoms with Crippen molar-refractivity contribution in [1.82, 2.24) is 14.9 Å². The molecule has 0 radical (unpaired) electrons. The molecule has 6 nitrogen and oxygen atoms in total. The van der Waals surface area contributed by atoms with Crippen LogP contribution in [0.4, 0.5) is 5.95 Å². The molecule has 0 aliphatic carbocycles. The molecule has 0 bridgehead atoms. The van der Waals surface area contributed by atoms with Crippen LogP contribution in [-0.4, -0.2) is 54.1 Å². The van der Waals surface area contributed by atoms with Gasteiger partial charge in [0, 0.05) is 39.5 Å². The normalized spacial score (nSPS) is 15.2. The number of carbonyl (C=O) groups excluding carboxylic acids is 1. The van der Waals surface area contributed by atoms with Crippen molar-refractivity contribution in [2.75, 3.05) is 38.7 Å². The first-order chi connectivity index (χ1) is 9.81. The summed E-state index contributed by atoms with van der Waals surface area (Å²) in [5, 5.41) is 3.10. The molecule has 1 aromatic rings. The van der Waals surface area contributed by atoms with E-state index < -0.39 is 0 Å². The molecule has 1 aliphatic heterocycles. The van der Waals surface area contributed by atoms with E-state index in [0.717, 1.165) is 38.9 Å². The van der Waals surface area contributed by atoms with Crippen LogP contribution in [0.15, 0.2) is 12.3 Å². The average molecular weight is 278 g/mol. The maximum atomic E-state index is 12.3. The van der Waals surface area contributed by atoms with Gasteiger partial charge < -0.3 is 15.0 Å². The van der Waals surface area contributed by atoms with Crippen molar-refractivity contribution in [2.45, 2.75) is 25.7 Å². The van der Waals surface area contributed by atoms with Crippen molar-refractivity contribution >= 4 is 11.9 Å². The zero-order valence-electron chi connectivity index (χ0n) is 12.0. The molecule has 0 atom stereocenters. The SMILES string of the molecule is COCCCNc1nccc(C(=O)N2CCCCC2)n1. The Kier molecular flexibility index (Phi) is 5.73. The van der Waals surface area contributed by atoms with E-state index in [-0.39, 0.29) is 5.91 Å². The first-order valence-corrected chi connectivity index (χ1v) is 7.16. The number of aromatic nitrogens is 2. The number of nitrogens with one attached hydrogen (secondary N) is 1. The fourth-order valence-electron chi connectivity index (χ4n) is 2.24. The summed E-state index contributed by atoms with van der Waals surface area (Å²) >= 11 is 0. The highest BCUT2D eigenvalue weighted by molar-refractivity contribution is 5.92. The monoisotopic (exact) mass is 278 g/mol. The smallest absolute Gasteiger partial charge is 0.272 e. The van der Waals surface area contributed by atoms with Crippen LogP contribution < -0.4 is 5.32 Å². The molecule has 1 fully saturated rings. The molecule has 0 unspecified atom stereocenters. The number of nitrogens with zero attached hydrogens (tertiary/aromatic N) is 3. The first kappa shape index (κ1) is 14.7. The second-order valence-corrected chi connectivity index (χ2v) is 4.89. The van der Waals surface area contributed by atoms with Crippen LogP contribution >= 0.6 is 0 Å². The number of likely N-dealkylation sites (tertiary alicyclic amines) is 1. The number of rotatable bonds is 6. The lowest BCUT2D eigenvalue weighted by Gasteiger charge is -2.26. The molecule has 2 heterocycles. The molecule has 0 saturated carbocycles. The molecule has 20 heavy (non-hydrogen) atoms. The quantitative estimate of drug-likeness (QED) is 0.800. The second-order valence-electron chi connectivity index (χ2n) is 4.89. The van der Waals surface area contributed by atoms with Crippen LogP contribution in [0.5, 0.6) is 0 Å². The Morgan fingerprint density at radius 2 is 2.20 bits per heavy atom. The Labute approximate surface area is 119 Å². The lowest BCUT2D eigenvalue weighted by atomic mass is 10.1. The van der Waals surface area contributed by atoms with Crippen LogP contribution in [0, 0.1) is 0 Å². The van der Waals surface area contributed by atoms with Gasteiger partial charge in [0.15, 0.2) is 0 Å². The van der Waals surface area contributed by atoms with E-state index >= 15 is 0 Å². The highest BCUT2D eigenvalue weighted by Gasteiger charge is 2.19. The van der Waals surface area contributed by atoms with E-state index in [1.54, 1.807) is 19.4 Å². The Morgan fingerprint density at radius 1 is 1.40 bits per heavy atom. The Morgan fingerprint density at radius 3 is 2.95 bits per heavy atom. The fraction of sp³-hybridized carbons (Fsp3) is 0.643. The number of hydrogen-bond acceptors (Lipinski definition) is 5. The number of piperidine rings is 1. The largest absolute Gasteiger partial charge is 0.385 e. The maximum Gasteiger partial charge on any atom is 0.272 e. The van der Waals surface area contributed by atoms with Crippen molar-refractivity contribution in [3.8, 4) is 0 Å². The molecule has 1 aliphatic rings. The minimum absolute atomic E-state index is 0.00652. The molecular weight excluding hydrogens is 256 g/mol. The second kappa shape index (κ2) is 7.79. The summed E-state index contributed by atoms with van der Waals surface area (Å²) in [4.78, 5) is 22.6. The summed E-state index contributed by atoms with van der Waals surface area (Å²) in [6.45, 7) is 3.09. The van der Waals surface area contributed by atoms with Crippen LogP contribution in [-0.2, 0) is 4.74 Å². The van der Waals surface area contributed by atoms with Gasteiger partial charge in [-0.05, 0) is 31.7 Å². The zero-order chi connectivity index (χ0) is 14.2. The van der Waals surface area contributed by atoms with Crippen LogP contribution in [0.25, 0.3) is 0 Å². The highest BCUT2D eigenvalue weighted by Crippen LogP contribution is 2.12. The van der Waals surface area contributed by atoms with Crippen LogP contribution in [0.1, 0.15) is 36.2 Å². The molecule has 1 N–H and O–H groups in total. The van der Waals surface area contributed by atoms with Gasteiger partial charge in [-0.3, -0.25) is 4.79 Å². The lowest BCUT2D eigenvalue weighted by Crippen LogP contribution is -2.36. The summed E-state index contributed by atoms with van der Waals surface area (Å²) in [5.41, 5.74) is 0.469. The molecule has 2 rings (SSSR count). The van der Waals surface area contributed by atoms with Crippen molar-refractivity contribution in [3.63, 3.8) is 0 Å². The Balaban J connectivity index is 1.92. The number of amides is 1. The van der Waals surface area contributed by atoms with Crippen LogP contribution in [0.2, 0.25) is 0 Å². The molecule has 6 heteroatoms. The van der Waals surface area contributed by atoms with Crippen molar-refractivity contribution in [3.05, 3.63) is 18.0 Å². The third kappa shape index (κ3) is 4.16. The molecular formula is C14H22N4O2. The number of anilines is 1. The van der Waals surface area contributed by atoms with E-state index in [1.807, 2.05) is 4.90 Å². The van der Waals surface area contributed by atoms with E-state index in [1.165, 1.54) is 6.42 Å². The van der Waals surface area contributed by atoms with Gasteiger partial charge in [0.2, 0.25) is 5.95 Å². The topological polar surface area (TPSA) is 67.3 Å². The molecule has 1 aromatic heterocycles. The van der Waals surface area contributed by atoms with Gasteiger partial charge in [-0.2, -0.15) is 0 Å². The number of ether oxygens (including phenoxy) is 1. The highest BCUT2D eigenvalue weighted by atomic mass is 16.5. The van der Waals surface area contributed by atoms with Gasteiger partial charge in [-0.25, -0.2) is 9.97 Å². The number of hydrogen-bond donors (Lipinski definition) is 1. The molecule has 0 spiro atoms. The third-order valence-corrected chi connectivity index (χ3v) is 3.33. The van der Waals surface area contributed by atoms with Gasteiger partial charge in [-0.15, -0.1) is 0 Å². The predicted molar refractivity (Wildman–Crippen MR) is 76.8 cm³/mol.